The van der Waals surface area contributed by atoms with E-state index in [-0.39, 0.29) is 12.1 Å². The van der Waals surface area contributed by atoms with E-state index in [1.807, 2.05) is 20.8 Å². The Morgan fingerprint density at radius 3 is 1.89 bits per heavy atom. The molecule has 3 heteroatoms. The number of hydrogen-bond donors (Lipinski definition) is 2. The van der Waals surface area contributed by atoms with Crippen molar-refractivity contribution < 1.29 is 0 Å². The number of nitrogens with zero attached hydrogens (tertiary/aromatic N) is 1. The van der Waals surface area contributed by atoms with E-state index in [1.54, 1.807) is 0 Å². The van der Waals surface area contributed by atoms with Crippen LogP contribution in [0.25, 0.3) is 0 Å². The third-order valence-corrected chi connectivity index (χ3v) is 0.874. The molecule has 0 spiro atoms. The summed E-state index contributed by atoms with van der Waals surface area (Å²) in [7, 11) is 0. The first kappa shape index (κ1) is 8.43. The van der Waals surface area contributed by atoms with Gasteiger partial charge in [-0.15, -0.1) is 0 Å². The molecule has 0 saturated carbocycles. The van der Waals surface area contributed by atoms with Crippen molar-refractivity contribution in [3.05, 3.63) is 0 Å². The van der Waals surface area contributed by atoms with Crippen molar-refractivity contribution in [3.8, 4) is 0 Å². The van der Waals surface area contributed by atoms with E-state index in [2.05, 4.69) is 4.99 Å². The van der Waals surface area contributed by atoms with Crippen LogP contribution in [-0.2, 0) is 0 Å². The van der Waals surface area contributed by atoms with Gasteiger partial charge in [0.2, 0.25) is 0 Å². The molecule has 0 amide bonds. The van der Waals surface area contributed by atoms with Gasteiger partial charge in [-0.25, -0.2) is 0 Å². The van der Waals surface area contributed by atoms with Crippen LogP contribution in [-0.4, -0.2) is 17.9 Å². The van der Waals surface area contributed by atoms with E-state index in [9.17, 15) is 0 Å². The van der Waals surface area contributed by atoms with Crippen molar-refractivity contribution >= 4 is 5.84 Å². The SMILES string of the molecule is CC(C)N=C(N)[C@H](C)N. The first-order chi connectivity index (χ1) is 4.04. The molecule has 0 aromatic heterocycles. The first-order valence-corrected chi connectivity index (χ1v) is 3.12. The van der Waals surface area contributed by atoms with Crippen LogP contribution in [0.15, 0.2) is 4.99 Å². The Bertz CT molecular complexity index is 105. The Labute approximate surface area is 56.1 Å². The van der Waals surface area contributed by atoms with Gasteiger partial charge < -0.3 is 11.5 Å². The van der Waals surface area contributed by atoms with Gasteiger partial charge in [0.25, 0.3) is 0 Å². The van der Waals surface area contributed by atoms with E-state index in [1.165, 1.54) is 0 Å². The average Bonchev–Trinajstić information content (AvgIpc) is 1.63. The average molecular weight is 129 g/mol. The van der Waals surface area contributed by atoms with Crippen LogP contribution in [0.2, 0.25) is 0 Å². The molecule has 0 aliphatic rings. The standard InChI is InChI=1S/C6H15N3/c1-4(2)9-6(8)5(3)7/h4-5H,7H2,1-3H3,(H2,8,9)/t5-/m0/s1. The van der Waals surface area contributed by atoms with Crippen molar-refractivity contribution in [1.29, 1.82) is 0 Å². The number of rotatable bonds is 2. The van der Waals surface area contributed by atoms with Crippen molar-refractivity contribution in [2.45, 2.75) is 32.9 Å². The zero-order valence-corrected chi connectivity index (χ0v) is 6.26. The Morgan fingerprint density at radius 1 is 1.33 bits per heavy atom. The monoisotopic (exact) mass is 129 g/mol. The van der Waals surface area contributed by atoms with Crippen LogP contribution in [0.3, 0.4) is 0 Å². The third-order valence-electron chi connectivity index (χ3n) is 0.874. The van der Waals surface area contributed by atoms with Gasteiger partial charge >= 0.3 is 0 Å². The predicted molar refractivity (Wildman–Crippen MR) is 40.4 cm³/mol. The van der Waals surface area contributed by atoms with Crippen LogP contribution >= 0.6 is 0 Å². The highest BCUT2D eigenvalue weighted by Crippen LogP contribution is 1.86. The van der Waals surface area contributed by atoms with E-state index < -0.39 is 0 Å². The highest BCUT2D eigenvalue weighted by Gasteiger charge is 1.98. The van der Waals surface area contributed by atoms with Crippen LogP contribution in [0.4, 0.5) is 0 Å². The maximum absolute atomic E-state index is 5.44. The molecule has 0 saturated heterocycles. The van der Waals surface area contributed by atoms with Gasteiger partial charge in [0.05, 0.1) is 6.04 Å². The lowest BCUT2D eigenvalue weighted by Gasteiger charge is -2.04. The third kappa shape index (κ3) is 3.97. The van der Waals surface area contributed by atoms with E-state index in [0.29, 0.717) is 5.84 Å². The lowest BCUT2D eigenvalue weighted by atomic mass is 10.3. The molecule has 3 nitrogen and oxygen atoms in total. The second-order valence-electron chi connectivity index (χ2n) is 2.44. The van der Waals surface area contributed by atoms with Crippen molar-refractivity contribution in [3.63, 3.8) is 0 Å². The summed E-state index contributed by atoms with van der Waals surface area (Å²) in [6.07, 6.45) is 0. The maximum atomic E-state index is 5.44. The number of amidine groups is 1. The van der Waals surface area contributed by atoms with Crippen LogP contribution in [0, 0.1) is 0 Å². The highest BCUT2D eigenvalue weighted by atomic mass is 14.9. The number of aliphatic imine (C=N–C) groups is 1. The summed E-state index contributed by atoms with van der Waals surface area (Å²) in [5.74, 6) is 0.532. The van der Waals surface area contributed by atoms with E-state index >= 15 is 0 Å². The topological polar surface area (TPSA) is 64.4 Å². The Morgan fingerprint density at radius 2 is 1.78 bits per heavy atom. The molecule has 0 aromatic rings. The summed E-state index contributed by atoms with van der Waals surface area (Å²) >= 11 is 0. The molecule has 0 fully saturated rings. The summed E-state index contributed by atoms with van der Waals surface area (Å²) in [5, 5.41) is 0. The summed E-state index contributed by atoms with van der Waals surface area (Å²) in [6.45, 7) is 5.76. The molecule has 0 rings (SSSR count). The molecule has 9 heavy (non-hydrogen) atoms. The number of nitrogens with two attached hydrogens (primary N) is 2. The normalized spacial score (nSPS) is 16.3. The smallest absolute Gasteiger partial charge is 0.111 e. The fraction of sp³-hybridized carbons (Fsp3) is 0.833. The summed E-state index contributed by atoms with van der Waals surface area (Å²) in [5.41, 5.74) is 10.9. The first-order valence-electron chi connectivity index (χ1n) is 3.12. The van der Waals surface area contributed by atoms with Gasteiger partial charge in [-0.3, -0.25) is 4.99 Å². The van der Waals surface area contributed by atoms with Gasteiger partial charge in [-0.1, -0.05) is 0 Å². The molecule has 0 radical (unpaired) electrons. The van der Waals surface area contributed by atoms with E-state index in [4.69, 9.17) is 11.5 Å². The fourth-order valence-corrected chi connectivity index (χ4v) is 0.416. The second kappa shape index (κ2) is 3.45. The Balaban J connectivity index is 3.84. The van der Waals surface area contributed by atoms with Gasteiger partial charge in [0.15, 0.2) is 0 Å². The van der Waals surface area contributed by atoms with Crippen LogP contribution in [0.1, 0.15) is 20.8 Å². The molecule has 54 valence electrons. The number of hydrogen-bond acceptors (Lipinski definition) is 2. The largest absolute Gasteiger partial charge is 0.386 e. The van der Waals surface area contributed by atoms with Crippen LogP contribution in [0.5, 0.6) is 0 Å². The molecule has 0 unspecified atom stereocenters. The minimum Gasteiger partial charge on any atom is -0.386 e. The molecule has 1 atom stereocenters. The second-order valence-corrected chi connectivity index (χ2v) is 2.44. The molecular weight excluding hydrogens is 114 g/mol. The molecule has 4 N–H and O–H groups in total. The summed E-state index contributed by atoms with van der Waals surface area (Å²) in [6, 6.07) is 0.128. The van der Waals surface area contributed by atoms with Gasteiger partial charge in [-0.05, 0) is 20.8 Å². The van der Waals surface area contributed by atoms with Crippen LogP contribution < -0.4 is 11.5 Å². The molecular formula is C6H15N3. The minimum atomic E-state index is -0.118. The lowest BCUT2D eigenvalue weighted by molar-refractivity contribution is 0.813. The molecule has 0 heterocycles. The fourth-order valence-electron chi connectivity index (χ4n) is 0.416. The lowest BCUT2D eigenvalue weighted by Crippen LogP contribution is -2.34. The molecule has 0 aromatic carbocycles. The van der Waals surface area contributed by atoms with Gasteiger partial charge in [-0.2, -0.15) is 0 Å². The quantitative estimate of drug-likeness (QED) is 0.410. The Kier molecular flexibility index (Phi) is 3.24. The zero-order chi connectivity index (χ0) is 7.44. The maximum Gasteiger partial charge on any atom is 0.111 e. The minimum absolute atomic E-state index is 0.118. The van der Waals surface area contributed by atoms with E-state index in [0.717, 1.165) is 0 Å². The molecule has 0 bridgehead atoms. The van der Waals surface area contributed by atoms with Gasteiger partial charge in [0.1, 0.15) is 5.84 Å². The highest BCUT2D eigenvalue weighted by molar-refractivity contribution is 5.85. The predicted octanol–water partition coefficient (Wildman–Crippen LogP) is 0.0992. The molecule has 0 aliphatic heterocycles. The van der Waals surface area contributed by atoms with Crippen molar-refractivity contribution in [2.24, 2.45) is 16.5 Å². The zero-order valence-electron chi connectivity index (χ0n) is 6.26. The molecule has 0 aliphatic carbocycles. The summed E-state index contributed by atoms with van der Waals surface area (Å²) < 4.78 is 0. The summed E-state index contributed by atoms with van der Waals surface area (Å²) in [4.78, 5) is 4.05. The van der Waals surface area contributed by atoms with Crippen molar-refractivity contribution in [1.82, 2.24) is 0 Å². The Hall–Kier alpha value is -0.570. The van der Waals surface area contributed by atoms with Gasteiger partial charge in [0, 0.05) is 6.04 Å². The van der Waals surface area contributed by atoms with Crippen molar-refractivity contribution in [2.75, 3.05) is 0 Å².